The molecule has 3 fully saturated rings. The van der Waals surface area contributed by atoms with E-state index in [4.69, 9.17) is 23.7 Å². The molecule has 0 spiro atoms. The maximum absolute atomic E-state index is 13.3. The van der Waals surface area contributed by atoms with Crippen LogP contribution in [0.2, 0.25) is 0 Å². The fraction of sp³-hybridized carbons (Fsp3) is 1.00. The van der Waals surface area contributed by atoms with E-state index in [0.717, 1.165) is 0 Å². The molecule has 0 aromatic rings. The molecule has 3 heterocycles. The Kier molecular flexibility index (Phi) is 3.39. The van der Waals surface area contributed by atoms with Gasteiger partial charge in [0.2, 0.25) is 0 Å². The lowest BCUT2D eigenvalue weighted by atomic mass is 10.0. The molecule has 0 radical (unpaired) electrons. The lowest BCUT2D eigenvalue weighted by Crippen LogP contribution is -2.54. The molecule has 0 amide bonds. The number of aliphatic hydroxyl groups is 1. The number of alkyl halides is 3. The van der Waals surface area contributed by atoms with Gasteiger partial charge >= 0.3 is 6.18 Å². The third-order valence-corrected chi connectivity index (χ3v) is 3.96. The van der Waals surface area contributed by atoms with Gasteiger partial charge in [0, 0.05) is 0 Å². The van der Waals surface area contributed by atoms with Crippen LogP contribution in [0.4, 0.5) is 13.2 Å². The minimum absolute atomic E-state index is 0.0403. The highest BCUT2D eigenvalue weighted by Crippen LogP contribution is 2.51. The van der Waals surface area contributed by atoms with Crippen molar-refractivity contribution in [2.24, 2.45) is 0 Å². The summed E-state index contributed by atoms with van der Waals surface area (Å²) in [7, 11) is 0. The first kappa shape index (κ1) is 16.4. The van der Waals surface area contributed by atoms with Gasteiger partial charge in [-0.3, -0.25) is 0 Å². The summed E-state index contributed by atoms with van der Waals surface area (Å²) < 4.78 is 66.4. The molecule has 0 bridgehead atoms. The quantitative estimate of drug-likeness (QED) is 0.783. The molecule has 5 atom stereocenters. The van der Waals surface area contributed by atoms with Crippen molar-refractivity contribution in [2.75, 3.05) is 6.61 Å². The second-order valence-corrected chi connectivity index (χ2v) is 6.66. The first-order valence-corrected chi connectivity index (χ1v) is 6.99. The molecule has 3 saturated heterocycles. The van der Waals surface area contributed by atoms with E-state index in [1.54, 1.807) is 13.8 Å². The normalized spacial score (nSPS) is 46.9. The van der Waals surface area contributed by atoms with E-state index in [1.807, 2.05) is 0 Å². The lowest BCUT2D eigenvalue weighted by molar-refractivity contribution is -0.392. The Morgan fingerprint density at radius 1 is 0.909 bits per heavy atom. The molecule has 128 valence electrons. The standard InChI is InChI=1S/C13H19F3O6/c1-10(2)18-5-6(19-10)7-8-9(22-11(3,4)20-8)12(17,21-7)13(14,15)16/h6-9,17H,5H2,1-4H3/t6?,7-,8+,9+,12?/m1/s1. The highest BCUT2D eigenvalue weighted by Gasteiger charge is 2.74. The Morgan fingerprint density at radius 2 is 1.55 bits per heavy atom. The smallest absolute Gasteiger partial charge is 0.356 e. The fourth-order valence-electron chi connectivity index (χ4n) is 3.07. The zero-order valence-corrected chi connectivity index (χ0v) is 12.6. The molecule has 2 unspecified atom stereocenters. The number of rotatable bonds is 1. The summed E-state index contributed by atoms with van der Waals surface area (Å²) in [5.74, 6) is -5.63. The minimum atomic E-state index is -5.02. The van der Waals surface area contributed by atoms with E-state index in [1.165, 1.54) is 13.8 Å². The predicted molar refractivity (Wildman–Crippen MR) is 64.6 cm³/mol. The second-order valence-electron chi connectivity index (χ2n) is 6.66. The van der Waals surface area contributed by atoms with Gasteiger partial charge in [0.15, 0.2) is 17.7 Å². The molecule has 22 heavy (non-hydrogen) atoms. The molecule has 1 N–H and O–H groups in total. The zero-order valence-electron chi connectivity index (χ0n) is 12.6. The van der Waals surface area contributed by atoms with Gasteiger partial charge in [-0.15, -0.1) is 0 Å². The topological polar surface area (TPSA) is 66.4 Å². The number of fused-ring (bicyclic) bond motifs is 1. The second kappa shape index (κ2) is 4.55. The van der Waals surface area contributed by atoms with Crippen molar-refractivity contribution in [3.63, 3.8) is 0 Å². The highest BCUT2D eigenvalue weighted by atomic mass is 19.4. The molecule has 6 nitrogen and oxygen atoms in total. The van der Waals surface area contributed by atoms with E-state index in [0.29, 0.717) is 0 Å². The average Bonchev–Trinajstić information content (AvgIpc) is 2.91. The van der Waals surface area contributed by atoms with Crippen molar-refractivity contribution in [1.29, 1.82) is 0 Å². The fourth-order valence-corrected chi connectivity index (χ4v) is 3.07. The molecular formula is C13H19F3O6. The van der Waals surface area contributed by atoms with Crippen molar-refractivity contribution in [3.8, 4) is 0 Å². The molecule has 0 aromatic carbocycles. The summed E-state index contributed by atoms with van der Waals surface area (Å²) >= 11 is 0. The average molecular weight is 328 g/mol. The first-order chi connectivity index (χ1) is 9.85. The van der Waals surface area contributed by atoms with Gasteiger partial charge in [0.1, 0.15) is 18.3 Å². The summed E-state index contributed by atoms with van der Waals surface area (Å²) in [4.78, 5) is 0. The van der Waals surface area contributed by atoms with Crippen LogP contribution in [-0.4, -0.2) is 59.7 Å². The van der Waals surface area contributed by atoms with Gasteiger partial charge in [-0.05, 0) is 27.7 Å². The molecular weight excluding hydrogens is 309 g/mol. The maximum Gasteiger partial charge on any atom is 0.446 e. The molecule has 0 aromatic heterocycles. The Hall–Kier alpha value is -0.450. The number of ether oxygens (including phenoxy) is 5. The predicted octanol–water partition coefficient (Wildman–Crippen LogP) is 1.31. The van der Waals surface area contributed by atoms with Crippen molar-refractivity contribution in [3.05, 3.63) is 0 Å². The van der Waals surface area contributed by atoms with E-state index in [9.17, 15) is 18.3 Å². The summed E-state index contributed by atoms with van der Waals surface area (Å²) in [6, 6.07) is 0. The van der Waals surface area contributed by atoms with Crippen LogP contribution in [0.5, 0.6) is 0 Å². The Labute approximate surface area is 125 Å². The third kappa shape index (κ3) is 2.44. The highest BCUT2D eigenvalue weighted by molar-refractivity contribution is 5.07. The van der Waals surface area contributed by atoms with Gasteiger partial charge in [-0.25, -0.2) is 0 Å². The minimum Gasteiger partial charge on any atom is -0.356 e. The first-order valence-electron chi connectivity index (χ1n) is 6.99. The monoisotopic (exact) mass is 328 g/mol. The largest absolute Gasteiger partial charge is 0.446 e. The summed E-state index contributed by atoms with van der Waals surface area (Å²) in [5.41, 5.74) is 0. The third-order valence-electron chi connectivity index (χ3n) is 3.96. The maximum atomic E-state index is 13.3. The van der Waals surface area contributed by atoms with Crippen molar-refractivity contribution in [1.82, 2.24) is 0 Å². The van der Waals surface area contributed by atoms with Crippen molar-refractivity contribution in [2.45, 2.75) is 75.6 Å². The van der Waals surface area contributed by atoms with Crippen molar-refractivity contribution >= 4 is 0 Å². The molecule has 9 heteroatoms. The van der Waals surface area contributed by atoms with E-state index >= 15 is 0 Å². The van der Waals surface area contributed by atoms with Crippen LogP contribution in [0, 0.1) is 0 Å². The summed E-state index contributed by atoms with van der Waals surface area (Å²) in [5, 5.41) is 10.0. The number of hydrogen-bond donors (Lipinski definition) is 1. The summed E-state index contributed by atoms with van der Waals surface area (Å²) in [6.07, 6.45) is -9.76. The van der Waals surface area contributed by atoms with Crippen LogP contribution in [0.1, 0.15) is 27.7 Å². The number of halogens is 3. The van der Waals surface area contributed by atoms with Crippen LogP contribution in [0.15, 0.2) is 0 Å². The van der Waals surface area contributed by atoms with Gasteiger partial charge in [0.25, 0.3) is 5.79 Å². The molecule has 3 aliphatic heterocycles. The summed E-state index contributed by atoms with van der Waals surface area (Å²) in [6.45, 7) is 6.29. The van der Waals surface area contributed by atoms with Crippen LogP contribution in [0.25, 0.3) is 0 Å². The van der Waals surface area contributed by atoms with E-state index in [-0.39, 0.29) is 6.61 Å². The molecule has 3 rings (SSSR count). The number of hydrogen-bond acceptors (Lipinski definition) is 6. The van der Waals surface area contributed by atoms with Gasteiger partial charge in [0.05, 0.1) is 6.61 Å². The van der Waals surface area contributed by atoms with Crippen LogP contribution < -0.4 is 0 Å². The lowest BCUT2D eigenvalue weighted by Gasteiger charge is -2.32. The van der Waals surface area contributed by atoms with E-state index < -0.39 is 48.0 Å². The molecule has 3 aliphatic rings. The zero-order chi connectivity index (χ0) is 16.6. The SMILES string of the molecule is CC1(C)OCC([C@H]2OC(O)(C(F)(F)F)[C@H]3OC(C)(C)O[C@@H]23)O1. The van der Waals surface area contributed by atoms with Crippen LogP contribution in [-0.2, 0) is 23.7 Å². The van der Waals surface area contributed by atoms with Crippen LogP contribution in [0.3, 0.4) is 0 Å². The van der Waals surface area contributed by atoms with Gasteiger partial charge in [-0.2, -0.15) is 13.2 Å². The van der Waals surface area contributed by atoms with Gasteiger partial charge < -0.3 is 28.8 Å². The van der Waals surface area contributed by atoms with Crippen molar-refractivity contribution < 1.29 is 42.0 Å². The molecule has 0 saturated carbocycles. The Balaban J connectivity index is 1.90. The van der Waals surface area contributed by atoms with E-state index in [2.05, 4.69) is 0 Å². The van der Waals surface area contributed by atoms with Crippen LogP contribution >= 0.6 is 0 Å². The Bertz CT molecular complexity index is 465. The molecule has 0 aliphatic carbocycles. The van der Waals surface area contributed by atoms with Gasteiger partial charge in [-0.1, -0.05) is 0 Å². The Morgan fingerprint density at radius 3 is 2.05 bits per heavy atom.